The SMILES string of the molecule is Cc1cc(C)cc(NC(=O)CN2C(=O)S/C(=C/c3ccc(OCc4ccccc4Cl)cc3)C2=O)c1. The lowest BCUT2D eigenvalue weighted by Crippen LogP contribution is -2.36. The van der Waals surface area contributed by atoms with Gasteiger partial charge in [-0.2, -0.15) is 0 Å². The number of imide groups is 1. The standard InChI is InChI=1S/C27H23ClN2O4S/c1-17-11-18(2)13-21(12-17)29-25(31)15-30-26(32)24(35-27(30)33)14-19-7-9-22(10-8-19)34-16-20-5-3-4-6-23(20)28/h3-14H,15-16H2,1-2H3,(H,29,31)/b24-14+. The number of hydrogen-bond acceptors (Lipinski definition) is 5. The van der Waals surface area contributed by atoms with E-state index in [0.717, 1.165) is 38.9 Å². The van der Waals surface area contributed by atoms with Crippen LogP contribution in [-0.2, 0) is 16.2 Å². The number of halogens is 1. The number of thioether (sulfide) groups is 1. The van der Waals surface area contributed by atoms with Crippen LogP contribution in [0.1, 0.15) is 22.3 Å². The van der Waals surface area contributed by atoms with E-state index >= 15 is 0 Å². The predicted octanol–water partition coefficient (Wildman–Crippen LogP) is 6.21. The van der Waals surface area contributed by atoms with E-state index in [2.05, 4.69) is 5.32 Å². The third-order valence-corrected chi connectivity index (χ3v) is 6.49. The summed E-state index contributed by atoms with van der Waals surface area (Å²) < 4.78 is 5.78. The lowest BCUT2D eigenvalue weighted by atomic mass is 10.1. The van der Waals surface area contributed by atoms with Crippen LogP contribution in [-0.4, -0.2) is 28.5 Å². The Balaban J connectivity index is 1.37. The molecule has 0 bridgehead atoms. The van der Waals surface area contributed by atoms with Crippen molar-refractivity contribution in [1.29, 1.82) is 0 Å². The Hall–Kier alpha value is -3.55. The molecule has 1 heterocycles. The van der Waals surface area contributed by atoms with Gasteiger partial charge in [-0.25, -0.2) is 0 Å². The summed E-state index contributed by atoms with van der Waals surface area (Å²) in [6.45, 7) is 3.86. The Morgan fingerprint density at radius 3 is 2.40 bits per heavy atom. The smallest absolute Gasteiger partial charge is 0.294 e. The van der Waals surface area contributed by atoms with Crippen molar-refractivity contribution in [3.05, 3.63) is 98.9 Å². The minimum atomic E-state index is -0.491. The summed E-state index contributed by atoms with van der Waals surface area (Å²) in [4.78, 5) is 38.9. The Bertz CT molecular complexity index is 1300. The van der Waals surface area contributed by atoms with Gasteiger partial charge in [0.1, 0.15) is 18.9 Å². The van der Waals surface area contributed by atoms with Crippen molar-refractivity contribution in [3.8, 4) is 5.75 Å². The van der Waals surface area contributed by atoms with E-state index in [-0.39, 0.29) is 11.4 Å². The number of ether oxygens (including phenoxy) is 1. The number of anilines is 1. The highest BCUT2D eigenvalue weighted by atomic mass is 35.5. The topological polar surface area (TPSA) is 75.7 Å². The maximum Gasteiger partial charge on any atom is 0.294 e. The van der Waals surface area contributed by atoms with Gasteiger partial charge >= 0.3 is 0 Å². The molecule has 0 aliphatic carbocycles. The summed E-state index contributed by atoms with van der Waals surface area (Å²) in [7, 11) is 0. The van der Waals surface area contributed by atoms with Crippen LogP contribution in [0.3, 0.4) is 0 Å². The van der Waals surface area contributed by atoms with Gasteiger partial charge in [0.25, 0.3) is 11.1 Å². The molecule has 0 spiro atoms. The lowest BCUT2D eigenvalue weighted by Gasteiger charge is -2.13. The third-order valence-electron chi connectivity index (χ3n) is 5.21. The molecule has 1 saturated heterocycles. The maximum absolute atomic E-state index is 12.8. The molecule has 8 heteroatoms. The normalized spacial score (nSPS) is 14.5. The Kier molecular flexibility index (Phi) is 7.58. The Morgan fingerprint density at radius 1 is 1.03 bits per heavy atom. The Labute approximate surface area is 212 Å². The number of nitrogens with zero attached hydrogens (tertiary/aromatic N) is 1. The van der Waals surface area contributed by atoms with Gasteiger partial charge in [-0.15, -0.1) is 0 Å². The van der Waals surface area contributed by atoms with Crippen molar-refractivity contribution >= 4 is 52.2 Å². The third kappa shape index (κ3) is 6.32. The molecule has 6 nitrogen and oxygen atoms in total. The molecule has 0 unspecified atom stereocenters. The summed E-state index contributed by atoms with van der Waals surface area (Å²) in [5.41, 5.74) is 4.27. The van der Waals surface area contributed by atoms with Gasteiger partial charge in [0.15, 0.2) is 0 Å². The number of hydrogen-bond donors (Lipinski definition) is 1. The van der Waals surface area contributed by atoms with Crippen molar-refractivity contribution in [2.75, 3.05) is 11.9 Å². The molecule has 1 fully saturated rings. The summed E-state index contributed by atoms with van der Waals surface area (Å²) in [5.74, 6) is -0.272. The highest BCUT2D eigenvalue weighted by Crippen LogP contribution is 2.32. The van der Waals surface area contributed by atoms with Crippen LogP contribution in [0.2, 0.25) is 5.02 Å². The second kappa shape index (κ2) is 10.8. The van der Waals surface area contributed by atoms with E-state index in [9.17, 15) is 14.4 Å². The Morgan fingerprint density at radius 2 is 1.71 bits per heavy atom. The van der Waals surface area contributed by atoms with Crippen LogP contribution >= 0.6 is 23.4 Å². The molecular formula is C27H23ClN2O4S. The number of rotatable bonds is 7. The van der Waals surface area contributed by atoms with E-state index in [1.165, 1.54) is 0 Å². The number of amides is 3. The van der Waals surface area contributed by atoms with Crippen LogP contribution in [0.5, 0.6) is 5.75 Å². The summed E-state index contributed by atoms with van der Waals surface area (Å²) in [6, 6.07) is 20.3. The molecule has 3 aromatic rings. The lowest BCUT2D eigenvalue weighted by molar-refractivity contribution is -0.127. The first-order chi connectivity index (χ1) is 16.8. The molecule has 1 aliphatic rings. The molecule has 0 atom stereocenters. The zero-order valence-electron chi connectivity index (χ0n) is 19.2. The molecule has 0 radical (unpaired) electrons. The van der Waals surface area contributed by atoms with Gasteiger partial charge in [-0.3, -0.25) is 19.3 Å². The predicted molar refractivity (Wildman–Crippen MR) is 139 cm³/mol. The molecule has 1 aliphatic heterocycles. The van der Waals surface area contributed by atoms with Crippen molar-refractivity contribution in [2.24, 2.45) is 0 Å². The van der Waals surface area contributed by atoms with Crippen LogP contribution in [0.15, 0.2) is 71.6 Å². The molecule has 3 aromatic carbocycles. The zero-order chi connectivity index (χ0) is 24.9. The average molecular weight is 507 g/mol. The molecule has 0 aromatic heterocycles. The highest BCUT2D eigenvalue weighted by molar-refractivity contribution is 8.18. The molecule has 4 rings (SSSR count). The first kappa shape index (κ1) is 24.6. The fourth-order valence-electron chi connectivity index (χ4n) is 3.62. The molecule has 0 saturated carbocycles. The number of aryl methyl sites for hydroxylation is 2. The molecule has 1 N–H and O–H groups in total. The van der Waals surface area contributed by atoms with Crippen molar-refractivity contribution in [1.82, 2.24) is 4.90 Å². The van der Waals surface area contributed by atoms with Crippen molar-refractivity contribution < 1.29 is 19.1 Å². The van der Waals surface area contributed by atoms with Crippen LogP contribution in [0.4, 0.5) is 10.5 Å². The first-order valence-corrected chi connectivity index (χ1v) is 12.1. The summed E-state index contributed by atoms with van der Waals surface area (Å²) in [6.07, 6.45) is 1.63. The van der Waals surface area contributed by atoms with Crippen LogP contribution in [0, 0.1) is 13.8 Å². The van der Waals surface area contributed by atoms with Crippen molar-refractivity contribution in [2.45, 2.75) is 20.5 Å². The van der Waals surface area contributed by atoms with Gasteiger partial charge in [-0.1, -0.05) is 48.0 Å². The maximum atomic E-state index is 12.8. The molecule has 3 amide bonds. The molecular weight excluding hydrogens is 484 g/mol. The van der Waals surface area contributed by atoms with E-state index in [1.807, 2.05) is 56.3 Å². The second-order valence-corrected chi connectivity index (χ2v) is 9.54. The average Bonchev–Trinajstić information content (AvgIpc) is 3.06. The van der Waals surface area contributed by atoms with Gasteiger partial charge in [0.05, 0.1) is 4.91 Å². The summed E-state index contributed by atoms with van der Waals surface area (Å²) in [5, 5.41) is 2.92. The van der Waals surface area contributed by atoms with E-state index in [4.69, 9.17) is 16.3 Å². The summed E-state index contributed by atoms with van der Waals surface area (Å²) >= 11 is 6.97. The van der Waals surface area contributed by atoms with Gasteiger partial charge in [0.2, 0.25) is 5.91 Å². The zero-order valence-corrected chi connectivity index (χ0v) is 20.8. The van der Waals surface area contributed by atoms with Crippen molar-refractivity contribution in [3.63, 3.8) is 0 Å². The molecule has 178 valence electrons. The fraction of sp³-hybridized carbons (Fsp3) is 0.148. The number of benzene rings is 3. The monoisotopic (exact) mass is 506 g/mol. The van der Waals surface area contributed by atoms with E-state index in [1.54, 1.807) is 30.3 Å². The van der Waals surface area contributed by atoms with Crippen LogP contribution < -0.4 is 10.1 Å². The largest absolute Gasteiger partial charge is 0.489 e. The fourth-order valence-corrected chi connectivity index (χ4v) is 4.64. The van der Waals surface area contributed by atoms with Gasteiger partial charge in [0, 0.05) is 16.3 Å². The van der Waals surface area contributed by atoms with E-state index in [0.29, 0.717) is 23.1 Å². The first-order valence-electron chi connectivity index (χ1n) is 10.9. The number of nitrogens with one attached hydrogen (secondary N) is 1. The van der Waals surface area contributed by atoms with Gasteiger partial charge in [-0.05, 0) is 78.7 Å². The highest BCUT2D eigenvalue weighted by Gasteiger charge is 2.36. The van der Waals surface area contributed by atoms with Crippen LogP contribution in [0.25, 0.3) is 6.08 Å². The van der Waals surface area contributed by atoms with Gasteiger partial charge < -0.3 is 10.1 Å². The minimum Gasteiger partial charge on any atom is -0.489 e. The number of carbonyl (C=O) groups is 3. The quantitative estimate of drug-likeness (QED) is 0.385. The molecule has 35 heavy (non-hydrogen) atoms. The second-order valence-electron chi connectivity index (χ2n) is 8.14. The minimum absolute atomic E-state index is 0.263. The number of carbonyl (C=O) groups excluding carboxylic acids is 3. The van der Waals surface area contributed by atoms with E-state index < -0.39 is 17.1 Å².